The monoisotopic (exact) mass is 530 g/mol. The van der Waals surface area contributed by atoms with E-state index in [2.05, 4.69) is 34.1 Å². The predicted molar refractivity (Wildman–Crippen MR) is 140 cm³/mol. The number of Topliss-reactive ketones (excluding diaryl/α,β-unsaturated/α-hetero) is 1. The largest absolute Gasteiger partial charge is 0.369 e. The van der Waals surface area contributed by atoms with Crippen molar-refractivity contribution in [3.8, 4) is 0 Å². The molecule has 3 fully saturated rings. The van der Waals surface area contributed by atoms with E-state index in [0.29, 0.717) is 25.1 Å². The molecule has 1 saturated carbocycles. The molecule has 8 nitrogen and oxygen atoms in total. The third kappa shape index (κ3) is 4.70. The maximum atomic E-state index is 13.6. The van der Waals surface area contributed by atoms with E-state index in [1.807, 2.05) is 25.3 Å². The molecule has 194 valence electrons. The SMILES string of the molecule is CC(C)[C@H]1C(=O)N(S(C)(=O)=O)[C@H]2CCC(C(=O)c3csc(CN4CCN(c5ccccc5)CC4)n3)[C@H]12. The van der Waals surface area contributed by atoms with Gasteiger partial charge in [-0.1, -0.05) is 32.0 Å². The van der Waals surface area contributed by atoms with Crippen molar-refractivity contribution in [3.63, 3.8) is 0 Å². The Bertz CT molecular complexity index is 1220. The summed E-state index contributed by atoms with van der Waals surface area (Å²) in [4.78, 5) is 36.1. The second kappa shape index (κ2) is 9.87. The van der Waals surface area contributed by atoms with Crippen LogP contribution in [-0.4, -0.2) is 72.8 Å². The van der Waals surface area contributed by atoms with Crippen molar-refractivity contribution >= 4 is 38.7 Å². The lowest BCUT2D eigenvalue weighted by atomic mass is 9.76. The highest BCUT2D eigenvalue weighted by Gasteiger charge is 2.59. The first-order valence-corrected chi connectivity index (χ1v) is 15.4. The molecule has 3 aliphatic rings. The molecular weight excluding hydrogens is 496 g/mol. The molecule has 1 amide bonds. The van der Waals surface area contributed by atoms with Crippen LogP contribution < -0.4 is 4.90 Å². The highest BCUT2D eigenvalue weighted by Crippen LogP contribution is 2.50. The minimum atomic E-state index is -3.67. The van der Waals surface area contributed by atoms with E-state index < -0.39 is 22.0 Å². The topological polar surface area (TPSA) is 90.9 Å². The second-order valence-corrected chi connectivity index (χ2v) is 13.4. The highest BCUT2D eigenvalue weighted by molar-refractivity contribution is 7.88. The molecule has 0 radical (unpaired) electrons. The van der Waals surface area contributed by atoms with Gasteiger partial charge in [0.1, 0.15) is 10.7 Å². The lowest BCUT2D eigenvalue weighted by Crippen LogP contribution is -2.45. The number of sulfonamides is 1. The Morgan fingerprint density at radius 2 is 1.81 bits per heavy atom. The number of rotatable bonds is 7. The van der Waals surface area contributed by atoms with E-state index in [9.17, 15) is 18.0 Å². The fourth-order valence-corrected chi connectivity index (χ4v) is 8.38. The summed E-state index contributed by atoms with van der Waals surface area (Å²) in [5.74, 6) is -1.55. The van der Waals surface area contributed by atoms with Crippen LogP contribution in [0.25, 0.3) is 0 Å². The number of amides is 1. The van der Waals surface area contributed by atoms with Gasteiger partial charge in [-0.2, -0.15) is 0 Å². The summed E-state index contributed by atoms with van der Waals surface area (Å²) in [6, 6.07) is 10.0. The van der Waals surface area contributed by atoms with Crippen LogP contribution in [-0.2, 0) is 21.4 Å². The summed E-state index contributed by atoms with van der Waals surface area (Å²) in [5, 5.41) is 2.75. The summed E-state index contributed by atoms with van der Waals surface area (Å²) in [5.41, 5.74) is 1.70. The molecule has 10 heteroatoms. The van der Waals surface area contributed by atoms with E-state index in [4.69, 9.17) is 4.98 Å². The van der Waals surface area contributed by atoms with E-state index in [0.717, 1.165) is 41.7 Å². The standard InChI is InChI=1S/C26H34N4O4S2/c1-17(2)23-24-19(9-10-21(24)30(26(23)32)36(3,33)34)25(31)20-16-35-22(27-20)15-28-11-13-29(14-12-28)18-7-5-4-6-8-18/h4-8,16-17,19,21,23-24H,9-15H2,1-3H3/t19?,21-,23+,24-/m0/s1. The maximum absolute atomic E-state index is 13.6. The number of piperazine rings is 1. The molecule has 2 aliphatic heterocycles. The molecule has 0 bridgehead atoms. The van der Waals surface area contributed by atoms with Gasteiger partial charge in [0, 0.05) is 55.0 Å². The Balaban J connectivity index is 1.25. The minimum Gasteiger partial charge on any atom is -0.369 e. The summed E-state index contributed by atoms with van der Waals surface area (Å²) >= 11 is 1.50. The molecule has 2 saturated heterocycles. The lowest BCUT2D eigenvalue weighted by Gasteiger charge is -2.35. The highest BCUT2D eigenvalue weighted by atomic mass is 32.2. The first kappa shape index (κ1) is 25.4. The number of nitrogens with zero attached hydrogens (tertiary/aromatic N) is 4. The second-order valence-electron chi connectivity index (χ2n) is 10.6. The van der Waals surface area contributed by atoms with Gasteiger partial charge in [0.15, 0.2) is 5.78 Å². The molecule has 4 atom stereocenters. The van der Waals surface area contributed by atoms with Crippen molar-refractivity contribution in [1.29, 1.82) is 0 Å². The van der Waals surface area contributed by atoms with E-state index in [1.54, 1.807) is 0 Å². The first-order chi connectivity index (χ1) is 17.1. The summed E-state index contributed by atoms with van der Waals surface area (Å²) in [7, 11) is -3.67. The summed E-state index contributed by atoms with van der Waals surface area (Å²) in [6.45, 7) is 8.36. The van der Waals surface area contributed by atoms with Crippen molar-refractivity contribution in [2.24, 2.45) is 23.7 Å². The van der Waals surface area contributed by atoms with E-state index in [1.165, 1.54) is 17.0 Å². The Kier molecular flexibility index (Phi) is 6.95. The van der Waals surface area contributed by atoms with Gasteiger partial charge in [-0.25, -0.2) is 17.7 Å². The Morgan fingerprint density at radius 3 is 2.44 bits per heavy atom. The lowest BCUT2D eigenvalue weighted by molar-refractivity contribution is -0.129. The van der Waals surface area contributed by atoms with Crippen molar-refractivity contribution in [2.45, 2.75) is 39.3 Å². The number of para-hydroxylation sites is 1. The summed E-state index contributed by atoms with van der Waals surface area (Å²) < 4.78 is 25.9. The zero-order chi connectivity index (χ0) is 25.6. The Labute approximate surface area is 217 Å². The number of aromatic nitrogens is 1. The fourth-order valence-electron chi connectivity index (χ4n) is 6.37. The Morgan fingerprint density at radius 1 is 1.11 bits per heavy atom. The van der Waals surface area contributed by atoms with Crippen LogP contribution in [0.15, 0.2) is 35.7 Å². The third-order valence-corrected chi connectivity index (χ3v) is 9.97. The molecule has 1 unspecified atom stereocenters. The number of thiazole rings is 1. The van der Waals surface area contributed by atoms with Gasteiger partial charge < -0.3 is 4.90 Å². The fraction of sp³-hybridized carbons (Fsp3) is 0.577. The van der Waals surface area contributed by atoms with Gasteiger partial charge in [0.25, 0.3) is 0 Å². The molecule has 1 aromatic carbocycles. The van der Waals surface area contributed by atoms with Crippen LogP contribution in [0.2, 0.25) is 0 Å². The van der Waals surface area contributed by atoms with Crippen LogP contribution in [0.3, 0.4) is 0 Å². The van der Waals surface area contributed by atoms with Crippen molar-refractivity contribution in [3.05, 3.63) is 46.4 Å². The van der Waals surface area contributed by atoms with Crippen LogP contribution in [0, 0.1) is 23.7 Å². The van der Waals surface area contributed by atoms with Gasteiger partial charge in [-0.05, 0) is 30.9 Å². The third-order valence-electron chi connectivity index (χ3n) is 7.97. The zero-order valence-corrected chi connectivity index (χ0v) is 22.7. The smallest absolute Gasteiger partial charge is 0.240 e. The molecule has 0 N–H and O–H groups in total. The molecule has 2 aromatic rings. The first-order valence-electron chi connectivity index (χ1n) is 12.7. The van der Waals surface area contributed by atoms with Gasteiger partial charge >= 0.3 is 0 Å². The van der Waals surface area contributed by atoms with Crippen LogP contribution in [0.4, 0.5) is 5.69 Å². The molecule has 5 rings (SSSR count). The zero-order valence-electron chi connectivity index (χ0n) is 21.0. The normalized spacial score (nSPS) is 27.2. The van der Waals surface area contributed by atoms with Gasteiger partial charge in [-0.15, -0.1) is 11.3 Å². The van der Waals surface area contributed by atoms with Gasteiger partial charge in [0.05, 0.1) is 18.8 Å². The molecule has 0 spiro atoms. The molecule has 3 heterocycles. The van der Waals surface area contributed by atoms with Crippen LogP contribution >= 0.6 is 11.3 Å². The quantitative estimate of drug-likeness (QED) is 0.508. The van der Waals surface area contributed by atoms with Crippen LogP contribution in [0.5, 0.6) is 0 Å². The van der Waals surface area contributed by atoms with Crippen molar-refractivity contribution in [2.75, 3.05) is 37.3 Å². The minimum absolute atomic E-state index is 0.0364. The number of carbonyl (C=O) groups excluding carboxylic acids is 2. The number of anilines is 1. The number of benzene rings is 1. The van der Waals surface area contributed by atoms with Crippen LogP contribution in [0.1, 0.15) is 42.2 Å². The maximum Gasteiger partial charge on any atom is 0.240 e. The van der Waals surface area contributed by atoms with Gasteiger partial charge in [0.2, 0.25) is 15.9 Å². The average Bonchev–Trinajstić information content (AvgIpc) is 3.53. The summed E-state index contributed by atoms with van der Waals surface area (Å²) in [6.07, 6.45) is 2.21. The molecular formula is C26H34N4O4S2. The number of fused-ring (bicyclic) bond motifs is 1. The number of hydrogen-bond acceptors (Lipinski definition) is 8. The molecule has 36 heavy (non-hydrogen) atoms. The van der Waals surface area contributed by atoms with Gasteiger partial charge in [-0.3, -0.25) is 14.5 Å². The predicted octanol–water partition coefficient (Wildman–Crippen LogP) is 3.12. The molecule has 1 aliphatic carbocycles. The van der Waals surface area contributed by atoms with Crippen molar-refractivity contribution in [1.82, 2.24) is 14.2 Å². The Hall–Kier alpha value is -2.30. The number of hydrogen-bond donors (Lipinski definition) is 0. The van der Waals surface area contributed by atoms with E-state index in [-0.39, 0.29) is 29.4 Å². The van der Waals surface area contributed by atoms with Crippen molar-refractivity contribution < 1.29 is 18.0 Å². The number of ketones is 1. The van der Waals surface area contributed by atoms with E-state index >= 15 is 0 Å². The molecule has 1 aromatic heterocycles. The average molecular weight is 531 g/mol. The number of carbonyl (C=O) groups is 2.